The Kier molecular flexibility index (Phi) is 3.77. The van der Waals surface area contributed by atoms with E-state index in [1.54, 1.807) is 6.07 Å². The number of anilines is 1. The molecular formula is C13H9ClF3N. The van der Waals surface area contributed by atoms with Crippen molar-refractivity contribution >= 4 is 17.3 Å². The van der Waals surface area contributed by atoms with Crippen molar-refractivity contribution in [1.82, 2.24) is 0 Å². The van der Waals surface area contributed by atoms with Crippen LogP contribution in [-0.4, -0.2) is 0 Å². The Balaban J connectivity index is 2.16. The summed E-state index contributed by atoms with van der Waals surface area (Å²) in [5.41, 5.74) is 0.264. The molecule has 0 aromatic heterocycles. The van der Waals surface area contributed by atoms with E-state index in [-0.39, 0.29) is 22.8 Å². The molecule has 5 heteroatoms. The second-order valence-corrected chi connectivity index (χ2v) is 4.10. The van der Waals surface area contributed by atoms with E-state index in [0.29, 0.717) is 0 Å². The van der Waals surface area contributed by atoms with Crippen LogP contribution in [0.2, 0.25) is 5.02 Å². The van der Waals surface area contributed by atoms with E-state index in [2.05, 4.69) is 5.32 Å². The fourth-order valence-electron chi connectivity index (χ4n) is 1.51. The molecule has 0 aliphatic carbocycles. The Morgan fingerprint density at radius 2 is 1.83 bits per heavy atom. The lowest BCUT2D eigenvalue weighted by atomic mass is 10.2. The Bertz CT molecular complexity index is 570. The standard InChI is InChI=1S/C13H9ClF3N/c14-10-2-1-3-12(13(10)17)18-7-8-6-9(15)4-5-11(8)16/h1-6,18H,7H2. The lowest BCUT2D eigenvalue weighted by Gasteiger charge is -2.09. The summed E-state index contributed by atoms with van der Waals surface area (Å²) < 4.78 is 39.8. The summed E-state index contributed by atoms with van der Waals surface area (Å²) in [5, 5.41) is 2.64. The van der Waals surface area contributed by atoms with Crippen LogP contribution in [0.3, 0.4) is 0 Å². The van der Waals surface area contributed by atoms with Crippen molar-refractivity contribution in [3.05, 3.63) is 64.4 Å². The normalized spacial score (nSPS) is 10.4. The summed E-state index contributed by atoms with van der Waals surface area (Å²) in [7, 11) is 0. The van der Waals surface area contributed by atoms with Crippen LogP contribution in [0, 0.1) is 17.5 Å². The zero-order valence-electron chi connectivity index (χ0n) is 9.18. The molecule has 0 bridgehead atoms. The molecule has 2 rings (SSSR count). The number of rotatable bonds is 3. The average Bonchev–Trinajstić information content (AvgIpc) is 2.35. The molecule has 0 saturated carbocycles. The number of benzene rings is 2. The lowest BCUT2D eigenvalue weighted by molar-refractivity contribution is 0.587. The van der Waals surface area contributed by atoms with Crippen LogP contribution in [0.5, 0.6) is 0 Å². The summed E-state index contributed by atoms with van der Waals surface area (Å²) in [5.74, 6) is -1.71. The van der Waals surface area contributed by atoms with Crippen molar-refractivity contribution in [1.29, 1.82) is 0 Å². The van der Waals surface area contributed by atoms with Crippen molar-refractivity contribution in [2.75, 3.05) is 5.32 Å². The van der Waals surface area contributed by atoms with E-state index in [9.17, 15) is 13.2 Å². The van der Waals surface area contributed by atoms with E-state index < -0.39 is 17.5 Å². The quantitative estimate of drug-likeness (QED) is 0.874. The van der Waals surface area contributed by atoms with Gasteiger partial charge in [-0.05, 0) is 30.3 Å². The van der Waals surface area contributed by atoms with E-state index in [1.165, 1.54) is 12.1 Å². The van der Waals surface area contributed by atoms with Gasteiger partial charge in [0, 0.05) is 12.1 Å². The van der Waals surface area contributed by atoms with E-state index in [4.69, 9.17) is 11.6 Å². The topological polar surface area (TPSA) is 12.0 Å². The molecule has 0 aliphatic heterocycles. The maximum atomic E-state index is 13.5. The highest BCUT2D eigenvalue weighted by Gasteiger charge is 2.08. The van der Waals surface area contributed by atoms with E-state index >= 15 is 0 Å². The third-order valence-corrected chi connectivity index (χ3v) is 2.72. The van der Waals surface area contributed by atoms with Gasteiger partial charge in [-0.15, -0.1) is 0 Å². The van der Waals surface area contributed by atoms with Crippen molar-refractivity contribution in [3.8, 4) is 0 Å². The molecule has 0 radical (unpaired) electrons. The molecule has 0 saturated heterocycles. The van der Waals surface area contributed by atoms with Crippen molar-refractivity contribution < 1.29 is 13.2 Å². The molecule has 0 unspecified atom stereocenters. The smallest absolute Gasteiger partial charge is 0.164 e. The Morgan fingerprint density at radius 3 is 2.61 bits per heavy atom. The molecule has 0 heterocycles. The number of halogens is 4. The van der Waals surface area contributed by atoms with Crippen LogP contribution in [0.4, 0.5) is 18.9 Å². The second-order valence-electron chi connectivity index (χ2n) is 3.69. The largest absolute Gasteiger partial charge is 0.378 e. The number of hydrogen-bond acceptors (Lipinski definition) is 1. The van der Waals surface area contributed by atoms with Gasteiger partial charge in [0.2, 0.25) is 0 Å². The third kappa shape index (κ3) is 2.76. The molecule has 0 amide bonds. The van der Waals surface area contributed by atoms with Crippen molar-refractivity contribution in [2.24, 2.45) is 0 Å². The number of nitrogens with one attached hydrogen (secondary N) is 1. The minimum absolute atomic E-state index is 0.0269. The monoisotopic (exact) mass is 271 g/mol. The van der Waals surface area contributed by atoms with Crippen LogP contribution in [-0.2, 0) is 6.54 Å². The molecule has 0 fully saturated rings. The van der Waals surface area contributed by atoms with Crippen LogP contribution >= 0.6 is 11.6 Å². The first-order valence-corrected chi connectivity index (χ1v) is 5.57. The second kappa shape index (κ2) is 5.31. The summed E-state index contributed by atoms with van der Waals surface area (Å²) in [6, 6.07) is 7.56. The van der Waals surface area contributed by atoms with Crippen LogP contribution in [0.25, 0.3) is 0 Å². The number of hydrogen-bond donors (Lipinski definition) is 1. The molecule has 0 atom stereocenters. The molecule has 2 aromatic rings. The van der Waals surface area contributed by atoms with Crippen LogP contribution in [0.1, 0.15) is 5.56 Å². The van der Waals surface area contributed by atoms with Crippen LogP contribution < -0.4 is 5.32 Å². The fourth-order valence-corrected chi connectivity index (χ4v) is 1.68. The molecule has 0 aliphatic rings. The molecular weight excluding hydrogens is 263 g/mol. The molecule has 1 nitrogen and oxygen atoms in total. The van der Waals surface area contributed by atoms with Gasteiger partial charge in [0.1, 0.15) is 11.6 Å². The lowest BCUT2D eigenvalue weighted by Crippen LogP contribution is -2.04. The van der Waals surface area contributed by atoms with Gasteiger partial charge in [-0.2, -0.15) is 0 Å². The summed E-state index contributed by atoms with van der Waals surface area (Å²) >= 11 is 5.60. The molecule has 1 N–H and O–H groups in total. The summed E-state index contributed by atoms with van der Waals surface area (Å²) in [6.45, 7) is -0.0269. The first-order valence-electron chi connectivity index (χ1n) is 5.20. The SMILES string of the molecule is Fc1ccc(F)c(CNc2cccc(Cl)c2F)c1. The highest BCUT2D eigenvalue weighted by molar-refractivity contribution is 6.31. The zero-order chi connectivity index (χ0) is 13.1. The third-order valence-electron chi connectivity index (χ3n) is 2.43. The zero-order valence-corrected chi connectivity index (χ0v) is 9.94. The van der Waals surface area contributed by atoms with Gasteiger partial charge in [0.25, 0.3) is 0 Å². The molecule has 94 valence electrons. The Hall–Kier alpha value is -1.68. The first-order chi connectivity index (χ1) is 8.58. The van der Waals surface area contributed by atoms with E-state index in [0.717, 1.165) is 18.2 Å². The van der Waals surface area contributed by atoms with Gasteiger partial charge in [-0.3, -0.25) is 0 Å². The summed E-state index contributed by atoms with van der Waals surface area (Å²) in [4.78, 5) is 0. The summed E-state index contributed by atoms with van der Waals surface area (Å²) in [6.07, 6.45) is 0. The van der Waals surface area contributed by atoms with Gasteiger partial charge in [-0.25, -0.2) is 13.2 Å². The van der Waals surface area contributed by atoms with Crippen molar-refractivity contribution in [2.45, 2.75) is 6.54 Å². The van der Waals surface area contributed by atoms with Gasteiger partial charge >= 0.3 is 0 Å². The maximum absolute atomic E-state index is 13.5. The maximum Gasteiger partial charge on any atom is 0.164 e. The van der Waals surface area contributed by atoms with Gasteiger partial charge < -0.3 is 5.32 Å². The molecule has 18 heavy (non-hydrogen) atoms. The Morgan fingerprint density at radius 1 is 1.06 bits per heavy atom. The highest BCUT2D eigenvalue weighted by Crippen LogP contribution is 2.22. The first kappa shape index (κ1) is 12.8. The Labute approximate surface area is 107 Å². The average molecular weight is 272 g/mol. The minimum atomic E-state index is -0.615. The van der Waals surface area contributed by atoms with Crippen molar-refractivity contribution in [3.63, 3.8) is 0 Å². The fraction of sp³-hybridized carbons (Fsp3) is 0.0769. The van der Waals surface area contributed by atoms with Gasteiger partial charge in [-0.1, -0.05) is 17.7 Å². The highest BCUT2D eigenvalue weighted by atomic mass is 35.5. The van der Waals surface area contributed by atoms with Crippen LogP contribution in [0.15, 0.2) is 36.4 Å². The molecule has 0 spiro atoms. The van der Waals surface area contributed by atoms with Gasteiger partial charge in [0.05, 0.1) is 10.7 Å². The predicted octanol–water partition coefficient (Wildman–Crippen LogP) is 4.37. The van der Waals surface area contributed by atoms with Gasteiger partial charge in [0.15, 0.2) is 5.82 Å². The van der Waals surface area contributed by atoms with E-state index in [1.807, 2.05) is 0 Å². The predicted molar refractivity (Wildman–Crippen MR) is 65.1 cm³/mol. The minimum Gasteiger partial charge on any atom is -0.378 e. The molecule has 2 aromatic carbocycles.